The van der Waals surface area contributed by atoms with Gasteiger partial charge < -0.3 is 19.5 Å². The van der Waals surface area contributed by atoms with Crippen LogP contribution in [0.2, 0.25) is 0 Å². The number of rotatable bonds is 11. The molecular formula is C51H48N6O7. The number of phenols is 1. The molecule has 2 N–H and O–H groups in total. The van der Waals surface area contributed by atoms with Crippen molar-refractivity contribution >= 4 is 58.1 Å². The predicted octanol–water partition coefficient (Wildman–Crippen LogP) is 8.93. The minimum atomic E-state index is -1.43. The fraction of sp³-hybridized carbons (Fsp3) is 0.255. The van der Waals surface area contributed by atoms with Crippen molar-refractivity contribution in [2.75, 3.05) is 43.5 Å². The number of hydrogen-bond donors (Lipinski definition) is 2. The number of methoxy groups -OCH3 is 2. The number of hydrogen-bond acceptors (Lipinski definition) is 11. The largest absolute Gasteiger partial charge is 0.502 e. The van der Waals surface area contributed by atoms with Crippen molar-refractivity contribution < 1.29 is 33.8 Å². The van der Waals surface area contributed by atoms with Crippen molar-refractivity contribution in [2.45, 2.75) is 25.2 Å². The van der Waals surface area contributed by atoms with E-state index in [-0.39, 0.29) is 41.9 Å². The summed E-state index contributed by atoms with van der Waals surface area (Å²) in [5, 5.41) is 20.6. The number of aromatic hydroxyl groups is 1. The maximum absolute atomic E-state index is 15.4. The summed E-state index contributed by atoms with van der Waals surface area (Å²) in [5.41, 5.74) is 8.06. The summed E-state index contributed by atoms with van der Waals surface area (Å²) < 4.78 is 10.9. The standard InChI is InChI=1S/C51H48N6O7/c1-30-11-14-35(15-12-30)54-57-48(60)42-29-40-38(41(51(42,50(57)62)32-9-7-6-8-10-32)26-13-31-27-43(63-4)46(58)44(28-31)64-5)24-25-39-45(40)49(61)56(47(39)59)37-22-18-34(19-23-37)53-52-33-16-20-36(21-17-33)55(2)3/h6-24,26-28,39-42,45,54,58H,25,29H2,1-5H3/t39-,40+,41-,42-,45-,51-/m0/s1. The quantitative estimate of drug-likeness (QED) is 0.0753. The number of fused-ring (bicyclic) bond motifs is 4. The van der Waals surface area contributed by atoms with E-state index in [2.05, 4.69) is 15.7 Å². The second-order valence-corrected chi connectivity index (χ2v) is 16.9. The van der Waals surface area contributed by atoms with Crippen molar-refractivity contribution in [3.05, 3.63) is 150 Å². The molecule has 2 heterocycles. The first-order valence-corrected chi connectivity index (χ1v) is 21.2. The Bertz CT molecular complexity index is 2710. The number of carbonyl (C=O) groups is 4. The molecule has 13 nitrogen and oxygen atoms in total. The molecule has 0 spiro atoms. The third kappa shape index (κ3) is 6.97. The zero-order valence-corrected chi connectivity index (χ0v) is 36.1. The molecule has 0 unspecified atom stereocenters. The number of amides is 4. The molecular weight excluding hydrogens is 809 g/mol. The molecule has 9 rings (SSSR count). The molecule has 2 aliphatic heterocycles. The number of ether oxygens (including phenoxy) is 2. The van der Waals surface area contributed by atoms with E-state index in [1.807, 2.05) is 123 Å². The monoisotopic (exact) mass is 856 g/mol. The summed E-state index contributed by atoms with van der Waals surface area (Å²) in [6.45, 7) is 1.96. The van der Waals surface area contributed by atoms with Crippen LogP contribution in [-0.2, 0) is 24.6 Å². The van der Waals surface area contributed by atoms with Crippen LogP contribution in [0.4, 0.5) is 28.4 Å². The molecule has 2 aliphatic carbocycles. The number of imide groups is 2. The first kappa shape index (κ1) is 41.8. The van der Waals surface area contributed by atoms with E-state index in [9.17, 15) is 19.5 Å². The second-order valence-electron chi connectivity index (χ2n) is 16.9. The Kier molecular flexibility index (Phi) is 10.9. The molecule has 3 fully saturated rings. The summed E-state index contributed by atoms with van der Waals surface area (Å²) >= 11 is 0. The van der Waals surface area contributed by atoms with Gasteiger partial charge in [-0.1, -0.05) is 71.8 Å². The average Bonchev–Trinajstić information content (AvgIpc) is 3.69. The van der Waals surface area contributed by atoms with Gasteiger partial charge in [-0.05, 0) is 110 Å². The van der Waals surface area contributed by atoms with Crippen molar-refractivity contribution in [1.82, 2.24) is 5.01 Å². The molecule has 0 radical (unpaired) electrons. The number of benzene rings is 5. The smallest absolute Gasteiger partial charge is 0.260 e. The normalized spacial score (nSPS) is 23.9. The van der Waals surface area contributed by atoms with E-state index < -0.39 is 46.8 Å². The number of carbonyl (C=O) groups excluding carboxylic acids is 4. The Morgan fingerprint density at radius 3 is 2.02 bits per heavy atom. The van der Waals surface area contributed by atoms with Crippen molar-refractivity contribution in [3.63, 3.8) is 0 Å². The van der Waals surface area contributed by atoms with Gasteiger partial charge >= 0.3 is 0 Å². The van der Waals surface area contributed by atoms with Gasteiger partial charge in [-0.2, -0.15) is 15.2 Å². The molecule has 0 bridgehead atoms. The molecule has 64 heavy (non-hydrogen) atoms. The molecule has 0 aromatic heterocycles. The van der Waals surface area contributed by atoms with E-state index in [1.54, 1.807) is 36.4 Å². The lowest BCUT2D eigenvalue weighted by Crippen LogP contribution is -2.54. The van der Waals surface area contributed by atoms with Crippen LogP contribution in [0.3, 0.4) is 0 Å². The lowest BCUT2D eigenvalue weighted by molar-refractivity contribution is -0.139. The second kappa shape index (κ2) is 16.6. The Labute approximate surface area is 371 Å². The first-order chi connectivity index (χ1) is 30.9. The SMILES string of the molecule is COc1cc(C=C[C@H]2C3=CC[C@@H]4C(=O)N(c5ccc(N=Nc6ccc(N(C)C)cc6)cc5)C(=O)[C@@H]4[C@@H]3C[C@H]3C(=O)N(Nc4ccc(C)cc4)C(=O)[C@@]23c2ccccc2)cc(OC)c1O. The van der Waals surface area contributed by atoms with E-state index in [1.165, 1.54) is 19.1 Å². The van der Waals surface area contributed by atoms with Gasteiger partial charge in [-0.3, -0.25) is 29.5 Å². The lowest BCUT2D eigenvalue weighted by Gasteiger charge is -2.49. The van der Waals surface area contributed by atoms with Gasteiger partial charge in [-0.25, -0.2) is 0 Å². The van der Waals surface area contributed by atoms with Crippen LogP contribution in [0.15, 0.2) is 143 Å². The summed E-state index contributed by atoms with van der Waals surface area (Å²) in [5.74, 6) is -4.94. The first-order valence-electron chi connectivity index (χ1n) is 21.2. The lowest BCUT2D eigenvalue weighted by atomic mass is 9.50. The van der Waals surface area contributed by atoms with Gasteiger partial charge in [0.25, 0.3) is 11.8 Å². The Balaban J connectivity index is 1.10. The summed E-state index contributed by atoms with van der Waals surface area (Å²) in [6, 6.07) is 34.6. The fourth-order valence-electron chi connectivity index (χ4n) is 10.1. The highest BCUT2D eigenvalue weighted by Gasteiger charge is 2.69. The number of hydrazine groups is 1. The number of phenolic OH excluding ortho intramolecular Hbond substituents is 1. The van der Waals surface area contributed by atoms with E-state index >= 15 is 4.79 Å². The highest BCUT2D eigenvalue weighted by atomic mass is 16.5. The van der Waals surface area contributed by atoms with E-state index in [4.69, 9.17) is 9.47 Å². The predicted molar refractivity (Wildman–Crippen MR) is 244 cm³/mol. The molecule has 2 saturated heterocycles. The Hall–Kier alpha value is -7.54. The maximum Gasteiger partial charge on any atom is 0.260 e. The average molecular weight is 857 g/mol. The molecule has 13 heteroatoms. The number of anilines is 3. The maximum atomic E-state index is 15.4. The molecule has 324 valence electrons. The molecule has 6 atom stereocenters. The van der Waals surface area contributed by atoms with E-state index in [0.717, 1.165) is 21.8 Å². The molecule has 1 saturated carbocycles. The minimum Gasteiger partial charge on any atom is -0.502 e. The highest BCUT2D eigenvalue weighted by Crippen LogP contribution is 2.61. The van der Waals surface area contributed by atoms with Crippen molar-refractivity contribution in [3.8, 4) is 17.2 Å². The van der Waals surface area contributed by atoms with Crippen LogP contribution >= 0.6 is 0 Å². The van der Waals surface area contributed by atoms with Crippen LogP contribution in [0.5, 0.6) is 17.2 Å². The number of allylic oxidation sites excluding steroid dienone is 3. The molecule has 5 aromatic rings. The summed E-state index contributed by atoms with van der Waals surface area (Å²) in [6.07, 6.45) is 6.17. The Morgan fingerprint density at radius 1 is 0.781 bits per heavy atom. The molecule has 5 aromatic carbocycles. The topological polar surface area (TPSA) is 153 Å². The van der Waals surface area contributed by atoms with E-state index in [0.29, 0.717) is 33.9 Å². The highest BCUT2D eigenvalue weighted by molar-refractivity contribution is 6.22. The van der Waals surface area contributed by atoms with Crippen molar-refractivity contribution in [1.29, 1.82) is 0 Å². The molecule has 4 amide bonds. The summed E-state index contributed by atoms with van der Waals surface area (Å²) in [7, 11) is 6.82. The van der Waals surface area contributed by atoms with Crippen molar-refractivity contribution in [2.24, 2.45) is 39.8 Å². The third-order valence-corrected chi connectivity index (χ3v) is 13.2. The number of nitrogens with one attached hydrogen (secondary N) is 1. The van der Waals surface area contributed by atoms with Crippen LogP contribution in [0, 0.1) is 36.5 Å². The van der Waals surface area contributed by atoms with Crippen LogP contribution < -0.4 is 24.7 Å². The van der Waals surface area contributed by atoms with Gasteiger partial charge in [0.2, 0.25) is 17.6 Å². The number of nitrogens with zero attached hydrogens (tertiary/aromatic N) is 5. The number of aryl methyl sites for hydroxylation is 1. The van der Waals surface area contributed by atoms with Gasteiger partial charge in [0.15, 0.2) is 11.5 Å². The zero-order chi connectivity index (χ0) is 44.9. The summed E-state index contributed by atoms with van der Waals surface area (Å²) in [4.78, 5) is 62.9. The number of azo groups is 1. The van der Waals surface area contributed by atoms with Crippen LogP contribution in [0.25, 0.3) is 6.08 Å². The molecule has 4 aliphatic rings. The Morgan fingerprint density at radius 2 is 1.41 bits per heavy atom. The van der Waals surface area contributed by atoms with Crippen LogP contribution in [0.1, 0.15) is 29.5 Å². The van der Waals surface area contributed by atoms with Gasteiger partial charge in [0.05, 0.1) is 60.1 Å². The van der Waals surface area contributed by atoms with Gasteiger partial charge in [0.1, 0.15) is 0 Å². The minimum absolute atomic E-state index is 0.157. The van der Waals surface area contributed by atoms with Gasteiger partial charge in [0, 0.05) is 25.7 Å². The third-order valence-electron chi connectivity index (χ3n) is 13.2. The van der Waals surface area contributed by atoms with Gasteiger partial charge in [-0.15, -0.1) is 0 Å². The van der Waals surface area contributed by atoms with Crippen LogP contribution in [-0.4, -0.2) is 62.1 Å². The fourth-order valence-corrected chi connectivity index (χ4v) is 10.1. The zero-order valence-electron chi connectivity index (χ0n) is 36.1.